The van der Waals surface area contributed by atoms with Gasteiger partial charge in [-0.15, -0.1) is 0 Å². The fraction of sp³-hybridized carbons (Fsp3) is 0.423. The number of unbranched alkanes of at least 4 members (excludes halogenated alkanes) is 1. The Morgan fingerprint density at radius 3 is 2.59 bits per heavy atom. The Hall–Kier alpha value is -2.43. The molecule has 0 amide bonds. The van der Waals surface area contributed by atoms with E-state index in [-0.39, 0.29) is 6.61 Å². The summed E-state index contributed by atoms with van der Waals surface area (Å²) in [6, 6.07) is 14.5. The van der Waals surface area contributed by atoms with Crippen molar-refractivity contribution in [3.05, 3.63) is 48.0 Å². The first-order valence-electron chi connectivity index (χ1n) is 11.2. The summed E-state index contributed by atoms with van der Waals surface area (Å²) >= 11 is 1.51. The Labute approximate surface area is 195 Å². The van der Waals surface area contributed by atoms with E-state index in [2.05, 4.69) is 65.0 Å². The molecule has 0 saturated carbocycles. The maximum Gasteiger partial charge on any atom is 0.120 e. The van der Waals surface area contributed by atoms with Gasteiger partial charge in [0.15, 0.2) is 0 Å². The van der Waals surface area contributed by atoms with E-state index in [1.807, 2.05) is 20.2 Å². The first-order chi connectivity index (χ1) is 15.6. The Bertz CT molecular complexity index is 1030. The number of fused-ring (bicyclic) bond motifs is 1. The van der Waals surface area contributed by atoms with E-state index in [0.717, 1.165) is 71.7 Å². The second kappa shape index (κ2) is 12.6. The number of aliphatic hydroxyl groups is 1. The van der Waals surface area contributed by atoms with E-state index in [9.17, 15) is 0 Å². The number of benzene rings is 2. The van der Waals surface area contributed by atoms with Crippen LogP contribution in [-0.4, -0.2) is 72.8 Å². The van der Waals surface area contributed by atoms with Crippen molar-refractivity contribution >= 4 is 21.6 Å². The molecule has 0 fully saturated rings. The lowest BCUT2D eigenvalue weighted by Crippen LogP contribution is -2.27. The minimum absolute atomic E-state index is 0.218. The number of aliphatic hydroxyl groups excluding tert-OH is 1. The van der Waals surface area contributed by atoms with Gasteiger partial charge in [-0.2, -0.15) is 4.37 Å². The second-order valence-corrected chi connectivity index (χ2v) is 8.82. The Kier molecular flexibility index (Phi) is 9.51. The third-order valence-electron chi connectivity index (χ3n) is 5.23. The lowest BCUT2D eigenvalue weighted by Gasteiger charge is -2.18. The van der Waals surface area contributed by atoms with Crippen molar-refractivity contribution in [2.24, 2.45) is 0 Å². The fourth-order valence-corrected chi connectivity index (χ4v) is 4.25. The van der Waals surface area contributed by atoms with Gasteiger partial charge < -0.3 is 14.7 Å². The third kappa shape index (κ3) is 7.04. The molecular weight excluding hydrogens is 418 g/mol. The van der Waals surface area contributed by atoms with Crippen molar-refractivity contribution in [3.63, 3.8) is 0 Å². The van der Waals surface area contributed by atoms with Crippen LogP contribution in [0, 0.1) is 11.8 Å². The highest BCUT2D eigenvalue weighted by Gasteiger charge is 2.10. The average molecular weight is 452 g/mol. The van der Waals surface area contributed by atoms with E-state index in [0.29, 0.717) is 6.61 Å². The van der Waals surface area contributed by atoms with Crippen LogP contribution in [0.5, 0.6) is 5.75 Å². The molecule has 0 aliphatic heterocycles. The summed E-state index contributed by atoms with van der Waals surface area (Å²) in [5.41, 5.74) is 3.13. The summed E-state index contributed by atoms with van der Waals surface area (Å²) in [5.74, 6) is 7.25. The van der Waals surface area contributed by atoms with Gasteiger partial charge in [-0.1, -0.05) is 30.9 Å². The molecule has 0 radical (unpaired) electrons. The molecule has 3 aromatic rings. The van der Waals surface area contributed by atoms with E-state index in [4.69, 9.17) is 14.2 Å². The van der Waals surface area contributed by atoms with Gasteiger partial charge in [0.25, 0.3) is 0 Å². The highest BCUT2D eigenvalue weighted by molar-refractivity contribution is 7.13. The minimum atomic E-state index is 0.218. The lowest BCUT2D eigenvalue weighted by atomic mass is 10.1. The summed E-state index contributed by atoms with van der Waals surface area (Å²) in [4.78, 5) is 4.31. The molecule has 1 heterocycles. The number of likely N-dealkylation sites (N-methyl/N-ethyl adjacent to an activating group) is 1. The Morgan fingerprint density at radius 1 is 1.06 bits per heavy atom. The molecule has 32 heavy (non-hydrogen) atoms. The fourth-order valence-electron chi connectivity index (χ4n) is 3.42. The molecule has 3 rings (SSSR count). The zero-order valence-corrected chi connectivity index (χ0v) is 20.1. The van der Waals surface area contributed by atoms with Crippen molar-refractivity contribution in [2.45, 2.75) is 19.8 Å². The standard InChI is InChI=1S/C26H33N3O2S/c1-4-29(17-18-30)16-5-6-19-31-23-13-14-24-25(20-23)32-27-26(24)22-11-9-21(10-12-22)8-7-15-28(2)3/h9-14,20,30H,4-6,15-19H2,1-3H3. The molecule has 1 aromatic heterocycles. The molecule has 5 nitrogen and oxygen atoms in total. The number of aromatic nitrogens is 1. The van der Waals surface area contributed by atoms with Gasteiger partial charge in [-0.25, -0.2) is 0 Å². The molecular formula is C26H33N3O2S. The number of hydrogen-bond acceptors (Lipinski definition) is 6. The summed E-state index contributed by atoms with van der Waals surface area (Å²) < 4.78 is 11.8. The molecule has 2 aromatic carbocycles. The molecule has 0 atom stereocenters. The minimum Gasteiger partial charge on any atom is -0.494 e. The van der Waals surface area contributed by atoms with E-state index in [1.54, 1.807) is 0 Å². The first kappa shape index (κ1) is 24.2. The van der Waals surface area contributed by atoms with Gasteiger partial charge in [-0.05, 0) is 81.9 Å². The van der Waals surface area contributed by atoms with E-state index >= 15 is 0 Å². The molecule has 6 heteroatoms. The van der Waals surface area contributed by atoms with Crippen molar-refractivity contribution in [2.75, 3.05) is 53.5 Å². The number of rotatable bonds is 11. The third-order valence-corrected chi connectivity index (χ3v) is 6.04. The van der Waals surface area contributed by atoms with Crippen LogP contribution < -0.4 is 4.74 Å². The van der Waals surface area contributed by atoms with Crippen LogP contribution in [-0.2, 0) is 0 Å². The largest absolute Gasteiger partial charge is 0.494 e. The van der Waals surface area contributed by atoms with Gasteiger partial charge in [0.05, 0.1) is 30.2 Å². The van der Waals surface area contributed by atoms with Crippen LogP contribution in [0.1, 0.15) is 25.3 Å². The van der Waals surface area contributed by atoms with Crippen LogP contribution in [0.25, 0.3) is 21.3 Å². The molecule has 0 unspecified atom stereocenters. The number of nitrogens with zero attached hydrogens (tertiary/aromatic N) is 3. The molecule has 0 aliphatic carbocycles. The summed E-state index contributed by atoms with van der Waals surface area (Å²) in [6.07, 6.45) is 2.06. The molecule has 0 saturated heterocycles. The molecule has 0 aliphatic rings. The van der Waals surface area contributed by atoms with Crippen LogP contribution in [0.3, 0.4) is 0 Å². The SMILES string of the molecule is CCN(CCO)CCCCOc1ccc2c(-c3ccc(C#CCN(C)C)cc3)nsc2c1. The summed E-state index contributed by atoms with van der Waals surface area (Å²) in [7, 11) is 4.03. The smallest absolute Gasteiger partial charge is 0.120 e. The van der Waals surface area contributed by atoms with Crippen LogP contribution >= 0.6 is 11.5 Å². The Balaban J connectivity index is 1.57. The van der Waals surface area contributed by atoms with Gasteiger partial charge in [-0.3, -0.25) is 4.90 Å². The van der Waals surface area contributed by atoms with Crippen LogP contribution in [0.2, 0.25) is 0 Å². The molecule has 0 spiro atoms. The topological polar surface area (TPSA) is 48.8 Å². The first-order valence-corrected chi connectivity index (χ1v) is 12.0. The number of ether oxygens (including phenoxy) is 1. The van der Waals surface area contributed by atoms with Crippen LogP contribution in [0.4, 0.5) is 0 Å². The van der Waals surface area contributed by atoms with E-state index < -0.39 is 0 Å². The van der Waals surface area contributed by atoms with Gasteiger partial charge in [0.2, 0.25) is 0 Å². The second-order valence-electron chi connectivity index (χ2n) is 8.02. The number of hydrogen-bond donors (Lipinski definition) is 1. The monoisotopic (exact) mass is 451 g/mol. The van der Waals surface area contributed by atoms with E-state index in [1.165, 1.54) is 11.5 Å². The van der Waals surface area contributed by atoms with Gasteiger partial charge in [0.1, 0.15) is 5.75 Å². The highest BCUT2D eigenvalue weighted by atomic mass is 32.1. The highest BCUT2D eigenvalue weighted by Crippen LogP contribution is 2.33. The predicted octanol–water partition coefficient (Wildman–Crippen LogP) is 4.35. The predicted molar refractivity (Wildman–Crippen MR) is 134 cm³/mol. The maximum atomic E-state index is 9.06. The van der Waals surface area contributed by atoms with Crippen molar-refractivity contribution < 1.29 is 9.84 Å². The molecule has 1 N–H and O–H groups in total. The van der Waals surface area contributed by atoms with Crippen molar-refractivity contribution in [1.29, 1.82) is 0 Å². The van der Waals surface area contributed by atoms with Crippen molar-refractivity contribution in [3.8, 4) is 28.8 Å². The quantitative estimate of drug-likeness (QED) is 0.347. The zero-order valence-electron chi connectivity index (χ0n) is 19.3. The molecule has 0 bridgehead atoms. The molecule has 170 valence electrons. The maximum absolute atomic E-state index is 9.06. The Morgan fingerprint density at radius 2 is 1.88 bits per heavy atom. The average Bonchev–Trinajstić information content (AvgIpc) is 3.21. The summed E-state index contributed by atoms with van der Waals surface area (Å²) in [5, 5.41) is 10.2. The lowest BCUT2D eigenvalue weighted by molar-refractivity contribution is 0.195. The zero-order chi connectivity index (χ0) is 22.8. The van der Waals surface area contributed by atoms with Gasteiger partial charge >= 0.3 is 0 Å². The van der Waals surface area contributed by atoms with Crippen molar-refractivity contribution in [1.82, 2.24) is 14.2 Å². The van der Waals surface area contributed by atoms with Gasteiger partial charge in [0, 0.05) is 23.1 Å². The summed E-state index contributed by atoms with van der Waals surface area (Å²) in [6.45, 7) is 6.51. The normalized spacial score (nSPS) is 11.2. The van der Waals surface area contributed by atoms with Crippen LogP contribution in [0.15, 0.2) is 42.5 Å².